The lowest BCUT2D eigenvalue weighted by molar-refractivity contribution is -0.122. The maximum Gasteiger partial charge on any atom is 0.243 e. The molecule has 0 unspecified atom stereocenters. The molecular weight excluding hydrogens is 460 g/mol. The zero-order valence-corrected chi connectivity index (χ0v) is 21.8. The van der Waals surface area contributed by atoms with E-state index in [0.29, 0.717) is 37.6 Å². The van der Waals surface area contributed by atoms with Crippen molar-refractivity contribution in [2.24, 2.45) is 5.92 Å². The number of piperazine rings is 1. The van der Waals surface area contributed by atoms with E-state index < -0.39 is 10.0 Å². The fraction of sp³-hybridized carbons (Fsp3) is 0.519. The molecule has 0 spiro atoms. The third-order valence-corrected chi connectivity index (χ3v) is 9.13. The molecule has 0 bridgehead atoms. The van der Waals surface area contributed by atoms with Crippen molar-refractivity contribution >= 4 is 15.9 Å². The Balaban J connectivity index is 1.24. The highest BCUT2D eigenvalue weighted by Gasteiger charge is 2.29. The Labute approximate surface area is 210 Å². The molecule has 4 rings (SSSR count). The second-order valence-electron chi connectivity index (χ2n) is 10.00. The molecule has 0 radical (unpaired) electrons. The SMILES string of the molecule is Cc1ccc(S(=O)(=O)N2CCN(CC(=O)NCc3ccccc3CN3CCC(C)CC3)CC2)cc1. The molecule has 1 amide bonds. The summed E-state index contributed by atoms with van der Waals surface area (Å²) < 4.78 is 27.3. The fourth-order valence-corrected chi connectivity index (χ4v) is 6.21. The van der Waals surface area contributed by atoms with Crippen LogP contribution in [0, 0.1) is 12.8 Å². The van der Waals surface area contributed by atoms with Gasteiger partial charge in [0.1, 0.15) is 0 Å². The lowest BCUT2D eigenvalue weighted by Crippen LogP contribution is -2.51. The minimum absolute atomic E-state index is 0.0264. The lowest BCUT2D eigenvalue weighted by atomic mass is 9.98. The molecule has 2 saturated heterocycles. The first-order valence-electron chi connectivity index (χ1n) is 12.7. The van der Waals surface area contributed by atoms with Gasteiger partial charge in [-0.2, -0.15) is 4.31 Å². The monoisotopic (exact) mass is 498 g/mol. The van der Waals surface area contributed by atoms with E-state index in [9.17, 15) is 13.2 Å². The van der Waals surface area contributed by atoms with Crippen molar-refractivity contribution < 1.29 is 13.2 Å². The molecule has 2 aliphatic rings. The topological polar surface area (TPSA) is 73.0 Å². The van der Waals surface area contributed by atoms with Crippen LogP contribution >= 0.6 is 0 Å². The Hall–Kier alpha value is -2.26. The smallest absolute Gasteiger partial charge is 0.243 e. The van der Waals surface area contributed by atoms with Crippen LogP contribution < -0.4 is 5.32 Å². The molecule has 8 heteroatoms. The predicted molar refractivity (Wildman–Crippen MR) is 138 cm³/mol. The Morgan fingerprint density at radius 2 is 1.51 bits per heavy atom. The lowest BCUT2D eigenvalue weighted by Gasteiger charge is -2.33. The van der Waals surface area contributed by atoms with Crippen molar-refractivity contribution in [1.82, 2.24) is 19.4 Å². The van der Waals surface area contributed by atoms with Gasteiger partial charge in [-0.1, -0.05) is 48.9 Å². The molecule has 0 atom stereocenters. The van der Waals surface area contributed by atoms with Crippen LogP contribution in [-0.4, -0.2) is 74.2 Å². The number of benzene rings is 2. The summed E-state index contributed by atoms with van der Waals surface area (Å²) in [7, 11) is -3.50. The van der Waals surface area contributed by atoms with Gasteiger partial charge >= 0.3 is 0 Å². The molecule has 190 valence electrons. The van der Waals surface area contributed by atoms with Gasteiger partial charge in [0.2, 0.25) is 15.9 Å². The molecule has 1 N–H and O–H groups in total. The van der Waals surface area contributed by atoms with E-state index in [-0.39, 0.29) is 12.5 Å². The molecule has 2 aromatic carbocycles. The average molecular weight is 499 g/mol. The van der Waals surface area contributed by atoms with Crippen LogP contribution in [0.3, 0.4) is 0 Å². The minimum Gasteiger partial charge on any atom is -0.351 e. The summed E-state index contributed by atoms with van der Waals surface area (Å²) in [4.78, 5) is 17.5. The number of piperidine rings is 1. The molecule has 0 aromatic heterocycles. The highest BCUT2D eigenvalue weighted by atomic mass is 32.2. The van der Waals surface area contributed by atoms with Gasteiger partial charge in [-0.3, -0.25) is 14.6 Å². The maximum atomic E-state index is 12.9. The summed E-state index contributed by atoms with van der Waals surface area (Å²) in [5.74, 6) is 0.784. The van der Waals surface area contributed by atoms with Crippen LogP contribution in [-0.2, 0) is 27.9 Å². The van der Waals surface area contributed by atoms with Crippen LogP contribution in [0.25, 0.3) is 0 Å². The molecular formula is C27H38N4O3S. The van der Waals surface area contributed by atoms with E-state index in [2.05, 4.69) is 35.3 Å². The van der Waals surface area contributed by atoms with Crippen molar-refractivity contribution in [1.29, 1.82) is 0 Å². The number of amides is 1. The molecule has 35 heavy (non-hydrogen) atoms. The number of nitrogens with one attached hydrogen (secondary N) is 1. The van der Waals surface area contributed by atoms with E-state index >= 15 is 0 Å². The van der Waals surface area contributed by atoms with E-state index in [1.54, 1.807) is 12.1 Å². The van der Waals surface area contributed by atoms with E-state index in [1.807, 2.05) is 30.0 Å². The second-order valence-corrected chi connectivity index (χ2v) is 11.9. The third kappa shape index (κ3) is 6.91. The van der Waals surface area contributed by atoms with Crippen molar-refractivity contribution in [3.8, 4) is 0 Å². The number of nitrogens with zero attached hydrogens (tertiary/aromatic N) is 3. The maximum absolute atomic E-state index is 12.9. The molecule has 0 aliphatic carbocycles. The van der Waals surface area contributed by atoms with Gasteiger partial charge in [0.05, 0.1) is 11.4 Å². The predicted octanol–water partition coefficient (Wildman–Crippen LogP) is 2.85. The fourth-order valence-electron chi connectivity index (χ4n) is 4.79. The Morgan fingerprint density at radius 3 is 2.17 bits per heavy atom. The van der Waals surface area contributed by atoms with Gasteiger partial charge in [-0.25, -0.2) is 8.42 Å². The Kier molecular flexibility index (Phi) is 8.59. The molecule has 0 saturated carbocycles. The second kappa shape index (κ2) is 11.6. The van der Waals surface area contributed by atoms with Crippen molar-refractivity contribution in [3.63, 3.8) is 0 Å². The number of aryl methyl sites for hydroxylation is 1. The number of carbonyl (C=O) groups is 1. The molecule has 2 aliphatic heterocycles. The first-order chi connectivity index (χ1) is 16.8. The van der Waals surface area contributed by atoms with Gasteiger partial charge in [0.25, 0.3) is 0 Å². The van der Waals surface area contributed by atoms with Crippen LogP contribution in [0.2, 0.25) is 0 Å². The zero-order chi connectivity index (χ0) is 24.8. The summed E-state index contributed by atoms with van der Waals surface area (Å²) >= 11 is 0. The Bertz CT molecular complexity index is 1090. The molecule has 2 fully saturated rings. The zero-order valence-electron chi connectivity index (χ0n) is 20.9. The summed E-state index contributed by atoms with van der Waals surface area (Å²) in [6.07, 6.45) is 2.50. The van der Waals surface area contributed by atoms with E-state index in [4.69, 9.17) is 0 Å². The van der Waals surface area contributed by atoms with Crippen molar-refractivity contribution in [3.05, 3.63) is 65.2 Å². The van der Waals surface area contributed by atoms with Crippen LogP contribution in [0.5, 0.6) is 0 Å². The number of likely N-dealkylation sites (tertiary alicyclic amines) is 1. The number of hydrogen-bond acceptors (Lipinski definition) is 5. The van der Waals surface area contributed by atoms with Gasteiger partial charge in [-0.15, -0.1) is 0 Å². The van der Waals surface area contributed by atoms with Gasteiger partial charge in [0.15, 0.2) is 0 Å². The van der Waals surface area contributed by atoms with E-state index in [0.717, 1.165) is 36.7 Å². The van der Waals surface area contributed by atoms with Crippen LogP contribution in [0.1, 0.15) is 36.5 Å². The summed E-state index contributed by atoms with van der Waals surface area (Å²) in [5, 5.41) is 3.07. The minimum atomic E-state index is -3.50. The van der Waals surface area contributed by atoms with Gasteiger partial charge < -0.3 is 5.32 Å². The van der Waals surface area contributed by atoms with E-state index in [1.165, 1.54) is 22.7 Å². The highest BCUT2D eigenvalue weighted by molar-refractivity contribution is 7.89. The molecule has 2 heterocycles. The first-order valence-corrected chi connectivity index (χ1v) is 14.1. The van der Waals surface area contributed by atoms with Crippen molar-refractivity contribution in [2.75, 3.05) is 45.8 Å². The van der Waals surface area contributed by atoms with Crippen LogP contribution in [0.15, 0.2) is 53.4 Å². The number of rotatable bonds is 8. The summed E-state index contributed by atoms with van der Waals surface area (Å²) in [5.41, 5.74) is 3.47. The largest absolute Gasteiger partial charge is 0.351 e. The normalized spacial score (nSPS) is 19.0. The number of sulfonamides is 1. The highest BCUT2D eigenvalue weighted by Crippen LogP contribution is 2.20. The first kappa shape index (κ1) is 25.8. The summed E-state index contributed by atoms with van der Waals surface area (Å²) in [6, 6.07) is 15.3. The molecule has 2 aromatic rings. The number of carbonyl (C=O) groups excluding carboxylic acids is 1. The summed E-state index contributed by atoms with van der Waals surface area (Å²) in [6.45, 7) is 10.1. The van der Waals surface area contributed by atoms with Gasteiger partial charge in [-0.05, 0) is 62.0 Å². The molecule has 7 nitrogen and oxygen atoms in total. The Morgan fingerprint density at radius 1 is 0.886 bits per heavy atom. The van der Waals surface area contributed by atoms with Crippen molar-refractivity contribution in [2.45, 2.75) is 44.7 Å². The third-order valence-electron chi connectivity index (χ3n) is 7.22. The number of hydrogen-bond donors (Lipinski definition) is 1. The standard InChI is InChI=1S/C27H38N4O3S/c1-22-7-9-26(10-8-22)35(33,34)31-17-15-30(16-18-31)21-27(32)28-19-24-5-3-4-6-25(24)20-29-13-11-23(2)12-14-29/h3-10,23H,11-21H2,1-2H3,(H,28,32). The van der Waals surface area contributed by atoms with Crippen LogP contribution in [0.4, 0.5) is 0 Å². The quantitative estimate of drug-likeness (QED) is 0.606. The van der Waals surface area contributed by atoms with Gasteiger partial charge in [0, 0.05) is 39.3 Å². The average Bonchev–Trinajstić information content (AvgIpc) is 2.85.